The number of benzene rings is 2. The highest BCUT2D eigenvalue weighted by atomic mass is 127. The number of hydrogen-bond donors (Lipinski definition) is 2. The molecule has 1 heterocycles. The number of halogens is 1. The van der Waals surface area contributed by atoms with Crippen LogP contribution in [0.1, 0.15) is 36.5 Å². The molecule has 1 fully saturated rings. The molecular formula is C23H31IN4O4. The van der Waals surface area contributed by atoms with E-state index in [1.54, 1.807) is 18.2 Å². The van der Waals surface area contributed by atoms with Crippen molar-refractivity contribution in [3.63, 3.8) is 0 Å². The van der Waals surface area contributed by atoms with Crippen molar-refractivity contribution in [1.82, 2.24) is 10.6 Å². The highest BCUT2D eigenvalue weighted by Crippen LogP contribution is 2.23. The Morgan fingerprint density at radius 2 is 2.06 bits per heavy atom. The lowest BCUT2D eigenvalue weighted by atomic mass is 10.1. The zero-order valence-electron chi connectivity index (χ0n) is 18.5. The quantitative estimate of drug-likeness (QED) is 0.158. The van der Waals surface area contributed by atoms with Crippen molar-refractivity contribution in [3.8, 4) is 5.75 Å². The molecule has 1 unspecified atom stereocenters. The lowest BCUT2D eigenvalue weighted by Gasteiger charge is -2.15. The van der Waals surface area contributed by atoms with Crippen LogP contribution in [0.3, 0.4) is 0 Å². The number of nitrogens with zero attached hydrogens (tertiary/aromatic N) is 2. The first kappa shape index (κ1) is 25.9. The van der Waals surface area contributed by atoms with Gasteiger partial charge in [-0.1, -0.05) is 30.3 Å². The highest BCUT2D eigenvalue weighted by Gasteiger charge is 2.17. The summed E-state index contributed by atoms with van der Waals surface area (Å²) in [6, 6.07) is 12.8. The lowest BCUT2D eigenvalue weighted by molar-refractivity contribution is -0.385. The number of ether oxygens (including phenoxy) is 2. The molecule has 8 nitrogen and oxygen atoms in total. The standard InChI is InChI=1S/C23H30N4O4.HI/c1-3-24-23(25-14-18-7-4-5-9-21(18)27(28)29)26-15-19-11-10-17(2)13-22(19)31-16-20-8-6-12-30-20;/h4-5,7,9-11,13,20H,3,6,8,12,14-16H2,1-2H3,(H2,24,25,26);1H. The van der Waals surface area contributed by atoms with Crippen LogP contribution in [-0.2, 0) is 17.8 Å². The molecule has 0 amide bonds. The Morgan fingerprint density at radius 1 is 1.25 bits per heavy atom. The minimum atomic E-state index is -0.370. The van der Waals surface area contributed by atoms with Crippen LogP contribution in [0.25, 0.3) is 0 Å². The summed E-state index contributed by atoms with van der Waals surface area (Å²) < 4.78 is 11.7. The van der Waals surface area contributed by atoms with Crippen molar-refractivity contribution >= 4 is 35.6 Å². The normalized spacial score (nSPS) is 15.7. The number of para-hydroxylation sites is 1. The van der Waals surface area contributed by atoms with E-state index in [0.717, 1.165) is 36.3 Å². The summed E-state index contributed by atoms with van der Waals surface area (Å²) >= 11 is 0. The minimum Gasteiger partial charge on any atom is -0.491 e. The third-order valence-electron chi connectivity index (χ3n) is 5.06. The van der Waals surface area contributed by atoms with Crippen LogP contribution in [0.15, 0.2) is 47.5 Å². The fourth-order valence-corrected chi connectivity index (χ4v) is 3.41. The topological polar surface area (TPSA) is 98.0 Å². The van der Waals surface area contributed by atoms with Gasteiger partial charge in [0.25, 0.3) is 5.69 Å². The summed E-state index contributed by atoms with van der Waals surface area (Å²) in [4.78, 5) is 15.5. The SMILES string of the molecule is CCNC(=NCc1ccc(C)cc1OCC1CCCO1)NCc1ccccc1[N+](=O)[O-].I. The van der Waals surface area contributed by atoms with Gasteiger partial charge in [0.05, 0.1) is 17.6 Å². The number of rotatable bonds is 9. The second kappa shape index (κ2) is 13.2. The maximum absolute atomic E-state index is 11.2. The number of aryl methyl sites for hydroxylation is 1. The Labute approximate surface area is 206 Å². The van der Waals surface area contributed by atoms with E-state index in [0.29, 0.717) is 37.8 Å². The van der Waals surface area contributed by atoms with E-state index in [2.05, 4.69) is 15.6 Å². The Morgan fingerprint density at radius 3 is 2.78 bits per heavy atom. The predicted molar refractivity (Wildman–Crippen MR) is 136 cm³/mol. The second-order valence-corrected chi connectivity index (χ2v) is 7.49. The van der Waals surface area contributed by atoms with Gasteiger partial charge < -0.3 is 20.1 Å². The van der Waals surface area contributed by atoms with Crippen molar-refractivity contribution in [2.24, 2.45) is 4.99 Å². The average molecular weight is 554 g/mol. The Hall–Kier alpha value is -2.40. The third kappa shape index (κ3) is 7.63. The molecule has 2 aromatic carbocycles. The summed E-state index contributed by atoms with van der Waals surface area (Å²) in [5.41, 5.74) is 2.80. The van der Waals surface area contributed by atoms with Gasteiger partial charge >= 0.3 is 0 Å². The van der Waals surface area contributed by atoms with Crippen molar-refractivity contribution in [2.45, 2.75) is 45.9 Å². The van der Waals surface area contributed by atoms with E-state index >= 15 is 0 Å². The molecule has 3 rings (SSSR count). The molecule has 0 spiro atoms. The van der Waals surface area contributed by atoms with Crippen LogP contribution in [0, 0.1) is 17.0 Å². The van der Waals surface area contributed by atoms with Gasteiger partial charge in [-0.25, -0.2) is 4.99 Å². The summed E-state index contributed by atoms with van der Waals surface area (Å²) in [6.07, 6.45) is 2.26. The smallest absolute Gasteiger partial charge is 0.274 e. The van der Waals surface area contributed by atoms with Crippen molar-refractivity contribution in [3.05, 3.63) is 69.3 Å². The molecule has 1 aliphatic heterocycles. The third-order valence-corrected chi connectivity index (χ3v) is 5.06. The maximum Gasteiger partial charge on any atom is 0.274 e. The van der Waals surface area contributed by atoms with Gasteiger partial charge in [0.15, 0.2) is 5.96 Å². The second-order valence-electron chi connectivity index (χ2n) is 7.49. The molecule has 1 atom stereocenters. The van der Waals surface area contributed by atoms with E-state index in [9.17, 15) is 10.1 Å². The molecule has 32 heavy (non-hydrogen) atoms. The minimum absolute atomic E-state index is 0. The number of aliphatic imine (C=N–C) groups is 1. The number of nitrogens with one attached hydrogen (secondary N) is 2. The molecule has 0 aromatic heterocycles. The maximum atomic E-state index is 11.2. The Kier molecular flexibility index (Phi) is 10.7. The van der Waals surface area contributed by atoms with Crippen LogP contribution in [-0.4, -0.2) is 36.7 Å². The molecule has 0 bridgehead atoms. The van der Waals surface area contributed by atoms with Gasteiger partial charge in [-0.2, -0.15) is 0 Å². The molecule has 1 aliphatic rings. The highest BCUT2D eigenvalue weighted by molar-refractivity contribution is 14.0. The zero-order chi connectivity index (χ0) is 22.1. The number of nitro benzene ring substituents is 1. The van der Waals surface area contributed by atoms with E-state index in [1.807, 2.05) is 32.0 Å². The summed E-state index contributed by atoms with van der Waals surface area (Å²) in [5.74, 6) is 1.40. The van der Waals surface area contributed by atoms with Gasteiger partial charge in [-0.3, -0.25) is 10.1 Å². The molecule has 0 aliphatic carbocycles. The lowest BCUT2D eigenvalue weighted by Crippen LogP contribution is -2.36. The number of nitro groups is 1. The number of guanidine groups is 1. The fourth-order valence-electron chi connectivity index (χ4n) is 3.41. The first-order chi connectivity index (χ1) is 15.1. The average Bonchev–Trinajstić information content (AvgIpc) is 3.29. The molecule has 2 N–H and O–H groups in total. The first-order valence-corrected chi connectivity index (χ1v) is 10.6. The largest absolute Gasteiger partial charge is 0.491 e. The van der Waals surface area contributed by atoms with Crippen LogP contribution in [0.5, 0.6) is 5.75 Å². The van der Waals surface area contributed by atoms with Gasteiger partial charge in [0.2, 0.25) is 0 Å². The molecule has 0 saturated carbocycles. The van der Waals surface area contributed by atoms with E-state index in [4.69, 9.17) is 9.47 Å². The summed E-state index contributed by atoms with van der Waals surface area (Å²) in [6.45, 7) is 6.76. The van der Waals surface area contributed by atoms with Gasteiger partial charge in [0.1, 0.15) is 12.4 Å². The molecular weight excluding hydrogens is 523 g/mol. The van der Waals surface area contributed by atoms with Gasteiger partial charge in [0, 0.05) is 36.9 Å². The monoisotopic (exact) mass is 554 g/mol. The molecule has 9 heteroatoms. The van der Waals surface area contributed by atoms with Gasteiger partial charge in [-0.05, 0) is 38.3 Å². The van der Waals surface area contributed by atoms with Crippen molar-refractivity contribution < 1.29 is 14.4 Å². The van der Waals surface area contributed by atoms with Crippen LogP contribution in [0.2, 0.25) is 0 Å². The van der Waals surface area contributed by atoms with Crippen molar-refractivity contribution in [1.29, 1.82) is 0 Å². The van der Waals surface area contributed by atoms with Crippen molar-refractivity contribution in [2.75, 3.05) is 19.8 Å². The van der Waals surface area contributed by atoms with Crippen LogP contribution in [0.4, 0.5) is 5.69 Å². The van der Waals surface area contributed by atoms with Crippen LogP contribution >= 0.6 is 24.0 Å². The van der Waals surface area contributed by atoms with E-state index in [-0.39, 0.29) is 40.7 Å². The summed E-state index contributed by atoms with van der Waals surface area (Å²) in [7, 11) is 0. The predicted octanol–water partition coefficient (Wildman–Crippen LogP) is 4.33. The molecule has 174 valence electrons. The zero-order valence-corrected chi connectivity index (χ0v) is 20.8. The van der Waals surface area contributed by atoms with Crippen LogP contribution < -0.4 is 15.4 Å². The number of hydrogen-bond acceptors (Lipinski definition) is 5. The van der Waals surface area contributed by atoms with E-state index in [1.165, 1.54) is 6.07 Å². The molecule has 1 saturated heterocycles. The Bertz CT molecular complexity index is 917. The van der Waals surface area contributed by atoms with Gasteiger partial charge in [-0.15, -0.1) is 24.0 Å². The summed E-state index contributed by atoms with van der Waals surface area (Å²) in [5, 5.41) is 17.6. The first-order valence-electron chi connectivity index (χ1n) is 10.6. The molecule has 0 radical (unpaired) electrons. The Balaban J connectivity index is 0.00000363. The molecule has 2 aromatic rings. The van der Waals surface area contributed by atoms with E-state index < -0.39 is 0 Å². The fraction of sp³-hybridized carbons (Fsp3) is 0.435.